The highest BCUT2D eigenvalue weighted by Crippen LogP contribution is 2.76. The van der Waals surface area contributed by atoms with E-state index in [2.05, 4.69) is 47.6 Å². The van der Waals surface area contributed by atoms with Crippen LogP contribution in [0, 0.1) is 34.0 Å². The van der Waals surface area contributed by atoms with E-state index in [0.29, 0.717) is 0 Å². The van der Waals surface area contributed by atoms with Gasteiger partial charge in [0.15, 0.2) is 0 Å². The predicted molar refractivity (Wildman–Crippen MR) is 108 cm³/mol. The average molecular weight is 375 g/mol. The molecule has 3 rings (SSSR count). The molecule has 3 heteroatoms. The molecule has 0 aromatic rings. The quantitative estimate of drug-likeness (QED) is 0.308. The molecule has 152 valence electrons. The van der Waals surface area contributed by atoms with E-state index in [1.54, 1.807) is 0 Å². The van der Waals surface area contributed by atoms with Gasteiger partial charge in [0, 0.05) is 0 Å². The minimum atomic E-state index is -0.293. The van der Waals surface area contributed by atoms with E-state index in [0.717, 1.165) is 25.7 Å². The van der Waals surface area contributed by atoms with Gasteiger partial charge in [0.1, 0.15) is 0 Å². The van der Waals surface area contributed by atoms with Gasteiger partial charge >= 0.3 is 11.9 Å². The lowest BCUT2D eigenvalue weighted by Crippen LogP contribution is -2.20. The van der Waals surface area contributed by atoms with Crippen LogP contribution in [0.25, 0.3) is 0 Å². The Hall–Kier alpha value is -1.12. The van der Waals surface area contributed by atoms with Crippen LogP contribution in [0.4, 0.5) is 0 Å². The second kappa shape index (κ2) is 7.04. The maximum atomic E-state index is 13.0. The molecule has 2 unspecified atom stereocenters. The first-order chi connectivity index (χ1) is 12.8. The van der Waals surface area contributed by atoms with Crippen molar-refractivity contribution in [3.8, 4) is 0 Å². The zero-order chi connectivity index (χ0) is 20.0. The van der Waals surface area contributed by atoms with Gasteiger partial charge < -0.3 is 4.74 Å². The van der Waals surface area contributed by atoms with Crippen molar-refractivity contribution >= 4 is 11.9 Å². The minimum absolute atomic E-state index is 0.0121. The molecular formula is C24H38O3. The first-order valence-corrected chi connectivity index (χ1v) is 11.2. The molecule has 3 aliphatic carbocycles. The van der Waals surface area contributed by atoms with Gasteiger partial charge in [0.2, 0.25) is 0 Å². The van der Waals surface area contributed by atoms with E-state index in [1.807, 2.05) is 0 Å². The summed E-state index contributed by atoms with van der Waals surface area (Å²) in [6.45, 7) is 12.9. The van der Waals surface area contributed by atoms with Crippen molar-refractivity contribution in [3.63, 3.8) is 0 Å². The van der Waals surface area contributed by atoms with Crippen LogP contribution < -0.4 is 0 Å². The Kier molecular flexibility index (Phi) is 5.38. The lowest BCUT2D eigenvalue weighted by atomic mass is 9.84. The Labute approximate surface area is 165 Å². The van der Waals surface area contributed by atoms with E-state index in [-0.39, 0.29) is 45.9 Å². The molecule has 0 N–H and O–H groups in total. The van der Waals surface area contributed by atoms with E-state index in [9.17, 15) is 9.59 Å². The Balaban J connectivity index is 1.69. The van der Waals surface area contributed by atoms with Gasteiger partial charge in [-0.3, -0.25) is 9.59 Å². The molecule has 0 heterocycles. The Morgan fingerprint density at radius 2 is 1.41 bits per heavy atom. The molecule has 0 radical (unpaired) electrons. The summed E-state index contributed by atoms with van der Waals surface area (Å²) in [5, 5.41) is 0. The van der Waals surface area contributed by atoms with Gasteiger partial charge in [-0.2, -0.15) is 0 Å². The van der Waals surface area contributed by atoms with E-state index in [4.69, 9.17) is 4.74 Å². The molecule has 0 bridgehead atoms. The number of carbonyl (C=O) groups is 2. The summed E-state index contributed by atoms with van der Waals surface area (Å²) < 4.78 is 5.54. The molecule has 3 saturated carbocycles. The van der Waals surface area contributed by atoms with Crippen LogP contribution in [-0.4, -0.2) is 11.9 Å². The second-order valence-electron chi connectivity index (χ2n) is 9.76. The first kappa shape index (κ1) is 20.6. The number of hydrogen-bond donors (Lipinski definition) is 0. The second-order valence-corrected chi connectivity index (χ2v) is 9.76. The molecule has 0 amide bonds. The van der Waals surface area contributed by atoms with E-state index in [1.165, 1.54) is 31.3 Å². The van der Waals surface area contributed by atoms with Crippen LogP contribution in [0.3, 0.4) is 0 Å². The van der Waals surface area contributed by atoms with E-state index >= 15 is 0 Å². The number of esters is 2. The van der Waals surface area contributed by atoms with Crippen molar-refractivity contribution < 1.29 is 14.3 Å². The summed E-state index contributed by atoms with van der Waals surface area (Å²) in [5.41, 5.74) is 1.43. The van der Waals surface area contributed by atoms with Crippen molar-refractivity contribution in [1.82, 2.24) is 0 Å². The van der Waals surface area contributed by atoms with E-state index < -0.39 is 0 Å². The van der Waals surface area contributed by atoms with Gasteiger partial charge in [0.05, 0.1) is 11.8 Å². The summed E-state index contributed by atoms with van der Waals surface area (Å²) in [6.07, 6.45) is 11.1. The Bertz CT molecular complexity index is 608. The average Bonchev–Trinajstić information content (AvgIpc) is 3.27. The predicted octanol–water partition coefficient (Wildman–Crippen LogP) is 6.07. The lowest BCUT2D eigenvalue weighted by Gasteiger charge is -2.20. The van der Waals surface area contributed by atoms with Crippen LogP contribution in [-0.2, 0) is 14.3 Å². The fraction of sp³-hybridized carbons (Fsp3) is 0.833. The molecule has 0 saturated heterocycles. The summed E-state index contributed by atoms with van der Waals surface area (Å²) >= 11 is 0. The molecule has 27 heavy (non-hydrogen) atoms. The molecule has 3 aliphatic rings. The Morgan fingerprint density at radius 3 is 1.85 bits per heavy atom. The van der Waals surface area contributed by atoms with Gasteiger partial charge in [0.25, 0.3) is 0 Å². The third kappa shape index (κ3) is 2.91. The monoisotopic (exact) mass is 374 g/mol. The number of rotatable bonds is 7. The van der Waals surface area contributed by atoms with Crippen molar-refractivity contribution in [3.05, 3.63) is 11.6 Å². The number of ether oxygens (including phenoxy) is 1. The number of carbonyl (C=O) groups excluding carboxylic acids is 2. The normalized spacial score (nSPS) is 30.1. The SMILES string of the molecule is CCC1(CC)C(C(=O)OC(=O)C2C(C=C3CCCC3)C2(C)C)C1(CC)CC. The van der Waals surface area contributed by atoms with Crippen molar-refractivity contribution in [2.24, 2.45) is 34.0 Å². The van der Waals surface area contributed by atoms with Crippen LogP contribution in [0.5, 0.6) is 0 Å². The molecular weight excluding hydrogens is 336 g/mol. The van der Waals surface area contributed by atoms with Crippen LogP contribution in [0.15, 0.2) is 11.6 Å². The van der Waals surface area contributed by atoms with Crippen molar-refractivity contribution in [2.45, 2.75) is 92.9 Å². The van der Waals surface area contributed by atoms with Gasteiger partial charge in [-0.25, -0.2) is 0 Å². The van der Waals surface area contributed by atoms with Crippen LogP contribution in [0.2, 0.25) is 0 Å². The first-order valence-electron chi connectivity index (χ1n) is 11.2. The fourth-order valence-electron chi connectivity index (χ4n) is 6.82. The number of allylic oxidation sites excluding steroid dienone is 2. The van der Waals surface area contributed by atoms with Crippen LogP contribution in [0.1, 0.15) is 92.9 Å². The maximum absolute atomic E-state index is 13.0. The zero-order valence-corrected chi connectivity index (χ0v) is 18.2. The third-order valence-corrected chi connectivity index (χ3v) is 8.80. The summed E-state index contributed by atoms with van der Waals surface area (Å²) in [6, 6.07) is 0. The van der Waals surface area contributed by atoms with Crippen LogP contribution >= 0.6 is 0 Å². The minimum Gasteiger partial charge on any atom is -0.393 e. The molecule has 0 aromatic heterocycles. The van der Waals surface area contributed by atoms with Crippen molar-refractivity contribution in [1.29, 1.82) is 0 Å². The third-order valence-electron chi connectivity index (χ3n) is 8.80. The maximum Gasteiger partial charge on any atom is 0.317 e. The van der Waals surface area contributed by atoms with Gasteiger partial charge in [-0.15, -0.1) is 0 Å². The molecule has 0 aromatic carbocycles. The molecule has 0 aliphatic heterocycles. The molecule has 2 atom stereocenters. The lowest BCUT2D eigenvalue weighted by molar-refractivity contribution is -0.163. The highest BCUT2D eigenvalue weighted by atomic mass is 16.6. The Morgan fingerprint density at radius 1 is 0.926 bits per heavy atom. The summed E-state index contributed by atoms with van der Waals surface area (Å²) in [4.78, 5) is 25.9. The summed E-state index contributed by atoms with van der Waals surface area (Å²) in [7, 11) is 0. The summed E-state index contributed by atoms with van der Waals surface area (Å²) in [5.74, 6) is -0.605. The smallest absolute Gasteiger partial charge is 0.317 e. The largest absolute Gasteiger partial charge is 0.393 e. The zero-order valence-electron chi connectivity index (χ0n) is 18.2. The van der Waals surface area contributed by atoms with Gasteiger partial charge in [-0.1, -0.05) is 53.2 Å². The highest BCUT2D eigenvalue weighted by molar-refractivity contribution is 5.92. The highest BCUT2D eigenvalue weighted by Gasteiger charge is 2.76. The topological polar surface area (TPSA) is 43.4 Å². The molecule has 3 nitrogen and oxygen atoms in total. The standard InChI is InChI=1S/C24H38O3/c1-7-23(8-2)19(24(23,9-3)10-4)21(26)27-20(25)18-17(22(18,5)6)15-16-13-11-12-14-16/h15,17-19H,7-14H2,1-6H3. The van der Waals surface area contributed by atoms with Gasteiger partial charge in [-0.05, 0) is 73.5 Å². The number of hydrogen-bond acceptors (Lipinski definition) is 3. The fourth-order valence-corrected chi connectivity index (χ4v) is 6.82. The molecule has 3 fully saturated rings. The molecule has 0 spiro atoms. The van der Waals surface area contributed by atoms with Crippen molar-refractivity contribution in [2.75, 3.05) is 0 Å².